The quantitative estimate of drug-likeness (QED) is 0.471. The van der Waals surface area contributed by atoms with Crippen LogP contribution in [0.5, 0.6) is 5.75 Å². The van der Waals surface area contributed by atoms with Crippen molar-refractivity contribution in [2.24, 2.45) is 0 Å². The highest BCUT2D eigenvalue weighted by Gasteiger charge is 2.05. The monoisotopic (exact) mass is 357 g/mol. The first kappa shape index (κ1) is 14.6. The van der Waals surface area contributed by atoms with Crippen molar-refractivity contribution < 1.29 is 4.74 Å². The summed E-state index contributed by atoms with van der Waals surface area (Å²) in [4.78, 5) is 0.919. The molecule has 2 nitrogen and oxygen atoms in total. The molecule has 0 aliphatic carbocycles. The third kappa shape index (κ3) is 4.34. The van der Waals surface area contributed by atoms with Gasteiger partial charge in [0.15, 0.2) is 0 Å². The van der Waals surface area contributed by atoms with Gasteiger partial charge in [0.25, 0.3) is 0 Å². The van der Waals surface area contributed by atoms with E-state index in [1.165, 1.54) is 0 Å². The Morgan fingerprint density at radius 1 is 1.21 bits per heavy atom. The van der Waals surface area contributed by atoms with Crippen LogP contribution in [0.3, 0.4) is 0 Å². The Morgan fingerprint density at radius 2 is 2.00 bits per heavy atom. The van der Waals surface area contributed by atoms with Crippen molar-refractivity contribution in [3.8, 4) is 5.75 Å². The maximum atomic E-state index is 6.10. The van der Waals surface area contributed by atoms with E-state index < -0.39 is 0 Å². The number of anilines is 1. The van der Waals surface area contributed by atoms with Gasteiger partial charge in [-0.25, -0.2) is 0 Å². The molecular formula is C14H13BrClNOS. The van der Waals surface area contributed by atoms with Crippen LogP contribution in [-0.2, 0) is 0 Å². The predicted octanol–water partition coefficient (Wildman–Crippen LogP) is 4.86. The Labute approximate surface area is 130 Å². The SMILES string of the molecule is Nc1cccc(Cl)c1SCCOc1cccc(Br)c1. The predicted molar refractivity (Wildman–Crippen MR) is 86.2 cm³/mol. The summed E-state index contributed by atoms with van der Waals surface area (Å²) in [6.45, 7) is 0.603. The lowest BCUT2D eigenvalue weighted by Gasteiger charge is -2.09. The Bertz CT molecular complexity index is 545. The van der Waals surface area contributed by atoms with Crippen LogP contribution in [0.4, 0.5) is 5.69 Å². The summed E-state index contributed by atoms with van der Waals surface area (Å²) >= 11 is 11.1. The molecule has 5 heteroatoms. The van der Waals surface area contributed by atoms with E-state index in [4.69, 9.17) is 22.1 Å². The van der Waals surface area contributed by atoms with E-state index in [1.807, 2.05) is 42.5 Å². The fourth-order valence-electron chi connectivity index (χ4n) is 1.54. The van der Waals surface area contributed by atoms with Crippen LogP contribution in [0.1, 0.15) is 0 Å². The maximum absolute atomic E-state index is 6.10. The molecule has 0 radical (unpaired) electrons. The van der Waals surface area contributed by atoms with Crippen molar-refractivity contribution >= 4 is 45.0 Å². The molecule has 2 aromatic rings. The zero-order valence-electron chi connectivity index (χ0n) is 10.1. The smallest absolute Gasteiger partial charge is 0.120 e. The zero-order valence-corrected chi connectivity index (χ0v) is 13.3. The minimum Gasteiger partial charge on any atom is -0.493 e. The van der Waals surface area contributed by atoms with Crippen molar-refractivity contribution in [2.45, 2.75) is 4.90 Å². The van der Waals surface area contributed by atoms with Crippen molar-refractivity contribution in [1.29, 1.82) is 0 Å². The largest absolute Gasteiger partial charge is 0.493 e. The zero-order chi connectivity index (χ0) is 13.7. The molecule has 0 fully saturated rings. The fourth-order valence-corrected chi connectivity index (χ4v) is 3.07. The van der Waals surface area contributed by atoms with Gasteiger partial charge in [-0.15, -0.1) is 11.8 Å². The van der Waals surface area contributed by atoms with Crippen LogP contribution in [0.15, 0.2) is 51.8 Å². The molecule has 19 heavy (non-hydrogen) atoms. The van der Waals surface area contributed by atoms with E-state index in [-0.39, 0.29) is 0 Å². The van der Waals surface area contributed by atoms with Crippen LogP contribution in [0.25, 0.3) is 0 Å². The summed E-state index contributed by atoms with van der Waals surface area (Å²) in [6.07, 6.45) is 0. The highest BCUT2D eigenvalue weighted by Crippen LogP contribution is 2.32. The van der Waals surface area contributed by atoms with Crippen LogP contribution < -0.4 is 10.5 Å². The third-order valence-electron chi connectivity index (χ3n) is 2.39. The van der Waals surface area contributed by atoms with Crippen LogP contribution in [0, 0.1) is 0 Å². The molecular weight excluding hydrogens is 346 g/mol. The van der Waals surface area contributed by atoms with Crippen LogP contribution >= 0.6 is 39.3 Å². The number of rotatable bonds is 5. The second kappa shape index (κ2) is 7.08. The van der Waals surface area contributed by atoms with Crippen LogP contribution in [0.2, 0.25) is 5.02 Å². The van der Waals surface area contributed by atoms with Crippen molar-refractivity contribution in [3.05, 3.63) is 52.0 Å². The molecule has 0 unspecified atom stereocenters. The lowest BCUT2D eigenvalue weighted by molar-refractivity contribution is 0.344. The van der Waals surface area contributed by atoms with Crippen molar-refractivity contribution in [2.75, 3.05) is 18.1 Å². The molecule has 0 amide bonds. The molecule has 0 saturated heterocycles. The van der Waals surface area contributed by atoms with E-state index in [0.717, 1.165) is 20.9 Å². The standard InChI is InChI=1S/C14H13BrClNOS/c15-10-3-1-4-11(9-10)18-7-8-19-14-12(16)5-2-6-13(14)17/h1-6,9H,7-8,17H2. The summed E-state index contributed by atoms with van der Waals surface area (Å²) < 4.78 is 6.66. The molecule has 2 aromatic carbocycles. The second-order valence-electron chi connectivity index (χ2n) is 3.81. The van der Waals surface area contributed by atoms with E-state index in [1.54, 1.807) is 11.8 Å². The lowest BCUT2D eigenvalue weighted by Crippen LogP contribution is -2.00. The number of ether oxygens (including phenoxy) is 1. The van der Waals surface area contributed by atoms with E-state index in [0.29, 0.717) is 17.3 Å². The number of nitrogen functional groups attached to an aromatic ring is 1. The topological polar surface area (TPSA) is 35.2 Å². The first-order valence-electron chi connectivity index (χ1n) is 5.72. The summed E-state index contributed by atoms with van der Waals surface area (Å²) in [5, 5.41) is 0.687. The Kier molecular flexibility index (Phi) is 5.43. The van der Waals surface area contributed by atoms with Crippen molar-refractivity contribution in [1.82, 2.24) is 0 Å². The molecule has 0 aliphatic rings. The molecule has 0 saturated carbocycles. The highest BCUT2D eigenvalue weighted by atomic mass is 79.9. The van der Waals surface area contributed by atoms with E-state index in [9.17, 15) is 0 Å². The lowest BCUT2D eigenvalue weighted by atomic mass is 10.3. The van der Waals surface area contributed by atoms with Gasteiger partial charge in [0.2, 0.25) is 0 Å². The highest BCUT2D eigenvalue weighted by molar-refractivity contribution is 9.10. The Hall–Kier alpha value is -0.840. The normalized spacial score (nSPS) is 10.4. The first-order chi connectivity index (χ1) is 9.16. The summed E-state index contributed by atoms with van der Waals surface area (Å²) in [6, 6.07) is 13.3. The number of hydrogen-bond acceptors (Lipinski definition) is 3. The van der Waals surface area contributed by atoms with E-state index >= 15 is 0 Å². The number of hydrogen-bond donors (Lipinski definition) is 1. The van der Waals surface area contributed by atoms with Crippen LogP contribution in [-0.4, -0.2) is 12.4 Å². The first-order valence-corrected chi connectivity index (χ1v) is 7.87. The van der Waals surface area contributed by atoms with Gasteiger partial charge in [0.1, 0.15) is 5.75 Å². The molecule has 0 bridgehead atoms. The average Bonchev–Trinajstić information content (AvgIpc) is 2.37. The van der Waals surface area contributed by atoms with Gasteiger partial charge in [0.05, 0.1) is 11.6 Å². The Morgan fingerprint density at radius 3 is 2.74 bits per heavy atom. The molecule has 0 spiro atoms. The minimum absolute atomic E-state index is 0.603. The second-order valence-corrected chi connectivity index (χ2v) is 6.24. The maximum Gasteiger partial charge on any atom is 0.120 e. The molecule has 2 N–H and O–H groups in total. The van der Waals surface area contributed by atoms with E-state index in [2.05, 4.69) is 15.9 Å². The number of thioether (sulfide) groups is 1. The summed E-state index contributed by atoms with van der Waals surface area (Å²) in [5.41, 5.74) is 6.59. The molecule has 0 atom stereocenters. The van der Waals surface area contributed by atoms with Gasteiger partial charge in [-0.1, -0.05) is 39.7 Å². The number of benzene rings is 2. The van der Waals surface area contributed by atoms with Gasteiger partial charge in [-0.2, -0.15) is 0 Å². The van der Waals surface area contributed by atoms with Gasteiger partial charge >= 0.3 is 0 Å². The van der Waals surface area contributed by atoms with Gasteiger partial charge in [0, 0.05) is 20.8 Å². The number of nitrogens with two attached hydrogens (primary N) is 1. The molecule has 0 aromatic heterocycles. The number of halogens is 2. The Balaban J connectivity index is 1.84. The average molecular weight is 359 g/mol. The van der Waals surface area contributed by atoms with Crippen molar-refractivity contribution in [3.63, 3.8) is 0 Å². The van der Waals surface area contributed by atoms with Gasteiger partial charge in [-0.05, 0) is 30.3 Å². The van der Waals surface area contributed by atoms with Gasteiger partial charge < -0.3 is 10.5 Å². The third-order valence-corrected chi connectivity index (χ3v) is 4.43. The molecule has 2 rings (SSSR count). The fraction of sp³-hybridized carbons (Fsp3) is 0.143. The summed E-state index contributed by atoms with van der Waals surface area (Å²) in [7, 11) is 0. The minimum atomic E-state index is 0.603. The molecule has 100 valence electrons. The summed E-state index contributed by atoms with van der Waals surface area (Å²) in [5.74, 6) is 1.64. The van der Waals surface area contributed by atoms with Gasteiger partial charge in [-0.3, -0.25) is 0 Å². The molecule has 0 heterocycles. The molecule has 0 aliphatic heterocycles.